The Balaban J connectivity index is 2.87. The standard InChI is InChI=1S/C17H28BrNO2/c1-6-19-17(13(4)12(2)3)14-7-8-16(15(18)11-14)21-10-9-20-5/h7-8,11-13,17,19H,6,9-10H2,1-5H3. The molecule has 0 bridgehead atoms. The van der Waals surface area contributed by atoms with Crippen molar-refractivity contribution < 1.29 is 9.47 Å². The molecule has 21 heavy (non-hydrogen) atoms. The van der Waals surface area contributed by atoms with E-state index in [1.54, 1.807) is 7.11 Å². The minimum Gasteiger partial charge on any atom is -0.490 e. The molecule has 2 unspecified atom stereocenters. The second kappa shape index (κ2) is 9.44. The van der Waals surface area contributed by atoms with Crippen LogP contribution in [0.25, 0.3) is 0 Å². The molecule has 0 fully saturated rings. The van der Waals surface area contributed by atoms with E-state index in [4.69, 9.17) is 9.47 Å². The predicted molar refractivity (Wildman–Crippen MR) is 91.9 cm³/mol. The van der Waals surface area contributed by atoms with Crippen LogP contribution in [0.1, 0.15) is 39.3 Å². The third-order valence-electron chi connectivity index (χ3n) is 3.86. The van der Waals surface area contributed by atoms with Crippen LogP contribution in [-0.4, -0.2) is 26.9 Å². The number of hydrogen-bond donors (Lipinski definition) is 1. The third-order valence-corrected chi connectivity index (χ3v) is 4.48. The van der Waals surface area contributed by atoms with Gasteiger partial charge in [0.25, 0.3) is 0 Å². The van der Waals surface area contributed by atoms with Gasteiger partial charge in [-0.05, 0) is 52.0 Å². The zero-order valence-corrected chi connectivity index (χ0v) is 15.4. The molecule has 3 nitrogen and oxygen atoms in total. The molecule has 0 radical (unpaired) electrons. The molecule has 0 aliphatic heterocycles. The first kappa shape index (κ1) is 18.5. The van der Waals surface area contributed by atoms with Gasteiger partial charge in [-0.15, -0.1) is 0 Å². The fourth-order valence-electron chi connectivity index (χ4n) is 2.27. The summed E-state index contributed by atoms with van der Waals surface area (Å²) < 4.78 is 11.7. The Kier molecular flexibility index (Phi) is 8.30. The van der Waals surface area contributed by atoms with Gasteiger partial charge in [-0.1, -0.05) is 33.8 Å². The van der Waals surface area contributed by atoms with Gasteiger partial charge in [0.05, 0.1) is 11.1 Å². The number of nitrogens with one attached hydrogen (secondary N) is 1. The van der Waals surface area contributed by atoms with Crippen LogP contribution in [0, 0.1) is 11.8 Å². The Hall–Kier alpha value is -0.580. The van der Waals surface area contributed by atoms with E-state index in [0.29, 0.717) is 31.1 Å². The maximum absolute atomic E-state index is 5.69. The van der Waals surface area contributed by atoms with Crippen LogP contribution in [0.5, 0.6) is 5.75 Å². The molecular formula is C17H28BrNO2. The molecule has 0 heterocycles. The lowest BCUT2D eigenvalue weighted by atomic mass is 9.86. The first-order chi connectivity index (χ1) is 10.0. The Morgan fingerprint density at radius 2 is 1.90 bits per heavy atom. The number of hydrogen-bond acceptors (Lipinski definition) is 3. The molecular weight excluding hydrogens is 330 g/mol. The molecule has 2 atom stereocenters. The van der Waals surface area contributed by atoms with E-state index in [1.807, 2.05) is 6.07 Å². The van der Waals surface area contributed by atoms with Crippen molar-refractivity contribution in [3.8, 4) is 5.75 Å². The van der Waals surface area contributed by atoms with Crippen molar-refractivity contribution in [1.29, 1.82) is 0 Å². The summed E-state index contributed by atoms with van der Waals surface area (Å²) in [5.74, 6) is 2.06. The van der Waals surface area contributed by atoms with Crippen LogP contribution in [-0.2, 0) is 4.74 Å². The molecule has 0 aliphatic carbocycles. The minimum absolute atomic E-state index is 0.360. The number of halogens is 1. The first-order valence-corrected chi connectivity index (χ1v) is 8.45. The first-order valence-electron chi connectivity index (χ1n) is 7.65. The van der Waals surface area contributed by atoms with Crippen LogP contribution >= 0.6 is 15.9 Å². The van der Waals surface area contributed by atoms with Gasteiger partial charge < -0.3 is 14.8 Å². The van der Waals surface area contributed by atoms with Gasteiger partial charge in [0.2, 0.25) is 0 Å². The van der Waals surface area contributed by atoms with Gasteiger partial charge in [-0.25, -0.2) is 0 Å². The molecule has 1 aromatic carbocycles. The van der Waals surface area contributed by atoms with Crippen LogP contribution in [0.15, 0.2) is 22.7 Å². The Labute approximate surface area is 137 Å². The predicted octanol–water partition coefficient (Wildman–Crippen LogP) is 4.42. The van der Waals surface area contributed by atoms with Crippen molar-refractivity contribution in [3.05, 3.63) is 28.2 Å². The van der Waals surface area contributed by atoms with E-state index in [9.17, 15) is 0 Å². The van der Waals surface area contributed by atoms with Crippen LogP contribution < -0.4 is 10.1 Å². The summed E-state index contributed by atoms with van der Waals surface area (Å²) in [6, 6.07) is 6.71. The molecule has 120 valence electrons. The smallest absolute Gasteiger partial charge is 0.133 e. The van der Waals surface area contributed by atoms with Gasteiger partial charge in [0.1, 0.15) is 12.4 Å². The monoisotopic (exact) mass is 357 g/mol. The molecule has 0 saturated heterocycles. The van der Waals surface area contributed by atoms with Gasteiger partial charge >= 0.3 is 0 Å². The highest BCUT2D eigenvalue weighted by atomic mass is 79.9. The van der Waals surface area contributed by atoms with E-state index in [1.165, 1.54) is 5.56 Å². The number of rotatable bonds is 9. The summed E-state index contributed by atoms with van der Waals surface area (Å²) >= 11 is 3.61. The summed E-state index contributed by atoms with van der Waals surface area (Å²) in [5.41, 5.74) is 1.30. The van der Waals surface area contributed by atoms with Crippen molar-refractivity contribution in [2.24, 2.45) is 11.8 Å². The van der Waals surface area contributed by atoms with Crippen molar-refractivity contribution in [2.75, 3.05) is 26.9 Å². The van der Waals surface area contributed by atoms with Crippen LogP contribution in [0.3, 0.4) is 0 Å². The molecule has 1 N–H and O–H groups in total. The maximum atomic E-state index is 5.69. The van der Waals surface area contributed by atoms with Crippen molar-refractivity contribution >= 4 is 15.9 Å². The normalized spacial score (nSPS) is 14.2. The number of benzene rings is 1. The van der Waals surface area contributed by atoms with E-state index in [-0.39, 0.29) is 0 Å². The molecule has 1 aromatic rings. The summed E-state index contributed by atoms with van der Waals surface area (Å²) in [4.78, 5) is 0. The van der Waals surface area contributed by atoms with Gasteiger partial charge in [0, 0.05) is 13.2 Å². The van der Waals surface area contributed by atoms with Gasteiger partial charge in [-0.2, -0.15) is 0 Å². The SMILES string of the molecule is CCNC(c1ccc(OCCOC)c(Br)c1)C(C)C(C)C. The van der Waals surface area contributed by atoms with Gasteiger partial charge in [0.15, 0.2) is 0 Å². The van der Waals surface area contributed by atoms with Crippen molar-refractivity contribution in [2.45, 2.75) is 33.7 Å². The molecule has 4 heteroatoms. The van der Waals surface area contributed by atoms with E-state index < -0.39 is 0 Å². The summed E-state index contributed by atoms with van der Waals surface area (Å²) in [6.45, 7) is 11.1. The highest BCUT2D eigenvalue weighted by molar-refractivity contribution is 9.10. The topological polar surface area (TPSA) is 30.5 Å². The Morgan fingerprint density at radius 3 is 2.43 bits per heavy atom. The third kappa shape index (κ3) is 5.61. The molecule has 1 rings (SSSR count). The second-order valence-electron chi connectivity index (χ2n) is 5.67. The minimum atomic E-state index is 0.360. The van der Waals surface area contributed by atoms with Crippen molar-refractivity contribution in [3.63, 3.8) is 0 Å². The summed E-state index contributed by atoms with van der Waals surface area (Å²) in [6.07, 6.45) is 0. The molecule has 0 spiro atoms. The summed E-state index contributed by atoms with van der Waals surface area (Å²) in [5, 5.41) is 3.60. The fourth-order valence-corrected chi connectivity index (χ4v) is 2.79. The van der Waals surface area contributed by atoms with E-state index in [0.717, 1.165) is 16.8 Å². The average Bonchev–Trinajstić information content (AvgIpc) is 2.46. The van der Waals surface area contributed by atoms with Crippen molar-refractivity contribution in [1.82, 2.24) is 5.32 Å². The number of ether oxygens (including phenoxy) is 2. The molecule has 0 saturated carbocycles. The molecule has 0 aliphatic rings. The zero-order chi connectivity index (χ0) is 15.8. The average molecular weight is 358 g/mol. The van der Waals surface area contributed by atoms with Gasteiger partial charge in [-0.3, -0.25) is 0 Å². The van der Waals surface area contributed by atoms with Crippen LogP contribution in [0.4, 0.5) is 0 Å². The molecule has 0 amide bonds. The Bertz CT molecular complexity index is 423. The highest BCUT2D eigenvalue weighted by Gasteiger charge is 2.21. The van der Waals surface area contributed by atoms with E-state index in [2.05, 4.69) is 61.1 Å². The lowest BCUT2D eigenvalue weighted by Crippen LogP contribution is -2.29. The largest absolute Gasteiger partial charge is 0.490 e. The second-order valence-corrected chi connectivity index (χ2v) is 6.52. The van der Waals surface area contributed by atoms with E-state index >= 15 is 0 Å². The lowest BCUT2D eigenvalue weighted by Gasteiger charge is -2.28. The lowest BCUT2D eigenvalue weighted by molar-refractivity contribution is 0.146. The fraction of sp³-hybridized carbons (Fsp3) is 0.647. The zero-order valence-electron chi connectivity index (χ0n) is 13.8. The maximum Gasteiger partial charge on any atom is 0.133 e. The molecule has 0 aromatic heterocycles. The number of methoxy groups -OCH3 is 1. The quantitative estimate of drug-likeness (QED) is 0.663. The summed E-state index contributed by atoms with van der Waals surface area (Å²) in [7, 11) is 1.68. The van der Waals surface area contributed by atoms with Crippen LogP contribution in [0.2, 0.25) is 0 Å². The highest BCUT2D eigenvalue weighted by Crippen LogP contribution is 2.33. The Morgan fingerprint density at radius 1 is 1.19 bits per heavy atom.